The van der Waals surface area contributed by atoms with Crippen molar-refractivity contribution in [1.29, 1.82) is 0 Å². The average molecular weight is 371 g/mol. The first-order valence-electron chi connectivity index (χ1n) is 7.98. The number of rotatable bonds is 4. The summed E-state index contributed by atoms with van der Waals surface area (Å²) in [5.74, 6) is -0.415. The molecule has 0 spiro atoms. The van der Waals surface area contributed by atoms with E-state index in [1.165, 1.54) is 31.2 Å². The Hall–Kier alpha value is -2.73. The van der Waals surface area contributed by atoms with Crippen LogP contribution in [0, 0.1) is 12.7 Å². The van der Waals surface area contributed by atoms with Crippen LogP contribution >= 0.6 is 0 Å². The van der Waals surface area contributed by atoms with Gasteiger partial charge in [-0.15, -0.1) is 0 Å². The Kier molecular flexibility index (Phi) is 4.54. The maximum atomic E-state index is 13.3. The molecule has 0 unspecified atom stereocenters. The first-order valence-corrected chi connectivity index (χ1v) is 9.87. The fraction of sp³-hybridized carbons (Fsp3) is 0.150. The molecule has 0 aliphatic rings. The second kappa shape index (κ2) is 6.53. The van der Waals surface area contributed by atoms with Crippen LogP contribution in [0.1, 0.15) is 23.0 Å². The molecule has 0 N–H and O–H groups in total. The first kappa shape index (κ1) is 18.1. The van der Waals surface area contributed by atoms with Gasteiger partial charge in [0.05, 0.1) is 10.6 Å². The van der Waals surface area contributed by atoms with Gasteiger partial charge in [-0.3, -0.25) is 4.79 Å². The van der Waals surface area contributed by atoms with E-state index in [-0.39, 0.29) is 16.5 Å². The SMILES string of the molecule is CC(=O)c1cc(-c2ccc(S(C)(=O)=O)cc2)n(-c2ccc(F)cc2)c1C. The number of hydrogen-bond donors (Lipinski definition) is 0. The number of carbonyl (C=O) groups is 1. The van der Waals surface area contributed by atoms with Crippen molar-refractivity contribution < 1.29 is 17.6 Å². The molecule has 0 fully saturated rings. The summed E-state index contributed by atoms with van der Waals surface area (Å²) >= 11 is 0. The molecule has 4 nitrogen and oxygen atoms in total. The van der Waals surface area contributed by atoms with Crippen LogP contribution in [-0.2, 0) is 9.84 Å². The van der Waals surface area contributed by atoms with Crippen LogP contribution in [0.5, 0.6) is 0 Å². The van der Waals surface area contributed by atoms with Gasteiger partial charge in [0.25, 0.3) is 0 Å². The topological polar surface area (TPSA) is 56.1 Å². The highest BCUT2D eigenvalue weighted by Gasteiger charge is 2.18. The Balaban J connectivity index is 2.22. The predicted molar refractivity (Wildman–Crippen MR) is 99.0 cm³/mol. The van der Waals surface area contributed by atoms with Crippen molar-refractivity contribution in [1.82, 2.24) is 4.57 Å². The summed E-state index contributed by atoms with van der Waals surface area (Å²) in [4.78, 5) is 12.2. The molecule has 0 aliphatic heterocycles. The van der Waals surface area contributed by atoms with E-state index in [1.54, 1.807) is 30.3 Å². The molecule has 3 aromatic rings. The normalized spacial score (nSPS) is 11.5. The molecule has 0 radical (unpaired) electrons. The molecule has 0 amide bonds. The van der Waals surface area contributed by atoms with Crippen molar-refractivity contribution in [2.24, 2.45) is 0 Å². The molecule has 0 atom stereocenters. The van der Waals surface area contributed by atoms with E-state index in [0.29, 0.717) is 5.56 Å². The van der Waals surface area contributed by atoms with E-state index in [9.17, 15) is 17.6 Å². The Bertz CT molecular complexity index is 1080. The van der Waals surface area contributed by atoms with Crippen LogP contribution in [0.15, 0.2) is 59.5 Å². The van der Waals surface area contributed by atoms with Gasteiger partial charge in [0.2, 0.25) is 0 Å². The molecule has 3 rings (SSSR count). The third kappa shape index (κ3) is 3.32. The minimum atomic E-state index is -3.29. The van der Waals surface area contributed by atoms with Crippen LogP contribution in [0.3, 0.4) is 0 Å². The minimum Gasteiger partial charge on any atom is -0.313 e. The molecule has 2 aromatic carbocycles. The van der Waals surface area contributed by atoms with E-state index in [2.05, 4.69) is 0 Å². The lowest BCUT2D eigenvalue weighted by Gasteiger charge is -2.12. The summed E-state index contributed by atoms with van der Waals surface area (Å²) < 4.78 is 38.5. The second-order valence-electron chi connectivity index (χ2n) is 6.19. The number of sulfone groups is 1. The lowest BCUT2D eigenvalue weighted by molar-refractivity contribution is 0.101. The van der Waals surface area contributed by atoms with Gasteiger partial charge in [0, 0.05) is 23.2 Å². The van der Waals surface area contributed by atoms with Crippen LogP contribution in [0.2, 0.25) is 0 Å². The fourth-order valence-electron chi connectivity index (χ4n) is 2.97. The molecule has 1 aromatic heterocycles. The largest absolute Gasteiger partial charge is 0.313 e. The van der Waals surface area contributed by atoms with Gasteiger partial charge in [0.15, 0.2) is 15.6 Å². The lowest BCUT2D eigenvalue weighted by atomic mass is 10.1. The van der Waals surface area contributed by atoms with Gasteiger partial charge in [-0.05, 0) is 61.9 Å². The molecular weight excluding hydrogens is 353 g/mol. The van der Waals surface area contributed by atoms with Crippen molar-refractivity contribution in [3.8, 4) is 16.9 Å². The van der Waals surface area contributed by atoms with Crippen LogP contribution in [-0.4, -0.2) is 25.0 Å². The summed E-state index contributed by atoms with van der Waals surface area (Å²) in [6.07, 6.45) is 1.15. The van der Waals surface area contributed by atoms with Gasteiger partial charge >= 0.3 is 0 Å². The highest BCUT2D eigenvalue weighted by atomic mass is 32.2. The standard InChI is InChI=1S/C20H18FNO3S/c1-13-19(14(2)23)12-20(22(13)17-8-6-16(21)7-9-17)15-4-10-18(11-5-15)26(3,24)25/h4-12H,1-3H3. The van der Waals surface area contributed by atoms with Crippen molar-refractivity contribution in [3.63, 3.8) is 0 Å². The zero-order valence-electron chi connectivity index (χ0n) is 14.7. The Morgan fingerprint density at radius 3 is 2.08 bits per heavy atom. The number of hydrogen-bond acceptors (Lipinski definition) is 3. The predicted octanol–water partition coefficient (Wildman–Crippen LogP) is 4.20. The van der Waals surface area contributed by atoms with Crippen molar-refractivity contribution in [2.75, 3.05) is 6.26 Å². The molecule has 6 heteroatoms. The molecule has 1 heterocycles. The summed E-state index contributed by atoms with van der Waals surface area (Å²) in [5, 5.41) is 0. The number of nitrogens with zero attached hydrogens (tertiary/aromatic N) is 1. The van der Waals surface area contributed by atoms with Crippen LogP contribution < -0.4 is 0 Å². The van der Waals surface area contributed by atoms with Crippen LogP contribution in [0.4, 0.5) is 4.39 Å². The first-order chi connectivity index (χ1) is 12.2. The summed E-state index contributed by atoms with van der Waals surface area (Å²) in [5.41, 5.74) is 3.53. The average Bonchev–Trinajstić information content (AvgIpc) is 2.92. The summed E-state index contributed by atoms with van der Waals surface area (Å²) in [6.45, 7) is 3.32. The summed E-state index contributed by atoms with van der Waals surface area (Å²) in [6, 6.07) is 14.3. The lowest BCUT2D eigenvalue weighted by Crippen LogP contribution is -2.02. The minimum absolute atomic E-state index is 0.0719. The number of ketones is 1. The highest BCUT2D eigenvalue weighted by Crippen LogP contribution is 2.30. The van der Waals surface area contributed by atoms with E-state index in [4.69, 9.17) is 0 Å². The number of halogens is 1. The van der Waals surface area contributed by atoms with E-state index < -0.39 is 9.84 Å². The molecule has 0 saturated heterocycles. The zero-order valence-corrected chi connectivity index (χ0v) is 15.5. The Morgan fingerprint density at radius 2 is 1.58 bits per heavy atom. The zero-order chi connectivity index (χ0) is 19.1. The van der Waals surface area contributed by atoms with E-state index in [0.717, 1.165) is 28.9 Å². The van der Waals surface area contributed by atoms with Gasteiger partial charge in [0.1, 0.15) is 5.82 Å². The number of Topliss-reactive ketones (excluding diaryl/α,β-unsaturated/α-hetero) is 1. The molecule has 0 bridgehead atoms. The number of benzene rings is 2. The van der Waals surface area contributed by atoms with Gasteiger partial charge in [-0.25, -0.2) is 12.8 Å². The third-order valence-corrected chi connectivity index (χ3v) is 5.42. The fourth-order valence-corrected chi connectivity index (χ4v) is 3.60. The molecule has 26 heavy (non-hydrogen) atoms. The molecule has 134 valence electrons. The Labute approximate surface area is 151 Å². The molecule has 0 saturated carbocycles. The number of carbonyl (C=O) groups excluding carboxylic acids is 1. The third-order valence-electron chi connectivity index (χ3n) is 4.29. The number of aromatic nitrogens is 1. The smallest absolute Gasteiger partial charge is 0.175 e. The maximum absolute atomic E-state index is 13.3. The molecular formula is C20H18FNO3S. The Morgan fingerprint density at radius 1 is 1.00 bits per heavy atom. The second-order valence-corrected chi connectivity index (χ2v) is 8.21. The van der Waals surface area contributed by atoms with Gasteiger partial charge in [-0.2, -0.15) is 0 Å². The highest BCUT2D eigenvalue weighted by molar-refractivity contribution is 7.90. The van der Waals surface area contributed by atoms with Crippen molar-refractivity contribution in [3.05, 3.63) is 71.7 Å². The molecule has 0 aliphatic carbocycles. The van der Waals surface area contributed by atoms with Crippen molar-refractivity contribution in [2.45, 2.75) is 18.7 Å². The summed E-state index contributed by atoms with van der Waals surface area (Å²) in [7, 11) is -3.29. The van der Waals surface area contributed by atoms with Crippen molar-refractivity contribution >= 4 is 15.6 Å². The maximum Gasteiger partial charge on any atom is 0.175 e. The quantitative estimate of drug-likeness (QED) is 0.646. The van der Waals surface area contributed by atoms with Crippen LogP contribution in [0.25, 0.3) is 16.9 Å². The van der Waals surface area contributed by atoms with E-state index in [1.807, 2.05) is 11.5 Å². The monoisotopic (exact) mass is 371 g/mol. The van der Waals surface area contributed by atoms with E-state index >= 15 is 0 Å². The van der Waals surface area contributed by atoms with Gasteiger partial charge in [-0.1, -0.05) is 12.1 Å². The van der Waals surface area contributed by atoms with Gasteiger partial charge < -0.3 is 4.57 Å².